The van der Waals surface area contributed by atoms with Crippen LogP contribution in [0.4, 0.5) is 4.39 Å². The van der Waals surface area contributed by atoms with Crippen LogP contribution in [0, 0.1) is 0 Å². The SMILES string of the molecule is CC(N)c1cccc(C2(F)CCOCC2)c1. The first-order valence-electron chi connectivity index (χ1n) is 5.74. The van der Waals surface area contributed by atoms with E-state index in [1.54, 1.807) is 0 Å². The molecule has 1 aromatic carbocycles. The van der Waals surface area contributed by atoms with E-state index in [0.29, 0.717) is 26.1 Å². The lowest BCUT2D eigenvalue weighted by Crippen LogP contribution is -2.29. The highest BCUT2D eigenvalue weighted by atomic mass is 19.1. The maximum Gasteiger partial charge on any atom is 0.140 e. The third kappa shape index (κ3) is 2.25. The van der Waals surface area contributed by atoms with E-state index < -0.39 is 5.67 Å². The zero-order chi connectivity index (χ0) is 11.6. The average Bonchev–Trinajstić information content (AvgIpc) is 2.30. The average molecular weight is 223 g/mol. The van der Waals surface area contributed by atoms with Gasteiger partial charge in [0.15, 0.2) is 0 Å². The van der Waals surface area contributed by atoms with Crippen LogP contribution < -0.4 is 5.73 Å². The molecule has 1 aromatic rings. The van der Waals surface area contributed by atoms with E-state index in [-0.39, 0.29) is 6.04 Å². The molecule has 0 aromatic heterocycles. The number of halogens is 1. The lowest BCUT2D eigenvalue weighted by Gasteiger charge is -2.30. The first-order valence-corrected chi connectivity index (χ1v) is 5.74. The third-order valence-electron chi connectivity index (χ3n) is 3.22. The number of benzene rings is 1. The van der Waals surface area contributed by atoms with Crippen LogP contribution in [0.1, 0.15) is 36.9 Å². The molecule has 2 N–H and O–H groups in total. The zero-order valence-corrected chi connectivity index (χ0v) is 9.58. The highest BCUT2D eigenvalue weighted by molar-refractivity contribution is 5.30. The summed E-state index contributed by atoms with van der Waals surface area (Å²) in [6, 6.07) is 7.50. The highest BCUT2D eigenvalue weighted by Gasteiger charge is 2.34. The lowest BCUT2D eigenvalue weighted by atomic mass is 9.87. The fraction of sp³-hybridized carbons (Fsp3) is 0.538. The van der Waals surface area contributed by atoms with Gasteiger partial charge in [-0.15, -0.1) is 0 Å². The Kier molecular flexibility index (Phi) is 3.26. The van der Waals surface area contributed by atoms with Gasteiger partial charge in [-0.1, -0.05) is 24.3 Å². The van der Waals surface area contributed by atoms with Crippen LogP contribution in [0.3, 0.4) is 0 Å². The van der Waals surface area contributed by atoms with Crippen molar-refractivity contribution in [2.24, 2.45) is 5.73 Å². The fourth-order valence-corrected chi connectivity index (χ4v) is 2.08. The van der Waals surface area contributed by atoms with Gasteiger partial charge in [0.25, 0.3) is 0 Å². The Bertz CT molecular complexity index is 359. The largest absolute Gasteiger partial charge is 0.381 e. The van der Waals surface area contributed by atoms with Gasteiger partial charge < -0.3 is 10.5 Å². The van der Waals surface area contributed by atoms with Crippen molar-refractivity contribution in [3.05, 3.63) is 35.4 Å². The van der Waals surface area contributed by atoms with E-state index in [0.717, 1.165) is 11.1 Å². The molecule has 0 bridgehead atoms. The Morgan fingerprint density at radius 3 is 2.69 bits per heavy atom. The molecule has 0 saturated carbocycles. The van der Waals surface area contributed by atoms with Gasteiger partial charge >= 0.3 is 0 Å². The summed E-state index contributed by atoms with van der Waals surface area (Å²) in [5.74, 6) is 0. The second-order valence-corrected chi connectivity index (χ2v) is 4.49. The van der Waals surface area contributed by atoms with E-state index >= 15 is 0 Å². The summed E-state index contributed by atoms with van der Waals surface area (Å²) in [6.07, 6.45) is 0.880. The predicted molar refractivity (Wildman–Crippen MR) is 61.9 cm³/mol. The minimum absolute atomic E-state index is 0.0524. The summed E-state index contributed by atoms with van der Waals surface area (Å²) >= 11 is 0. The second kappa shape index (κ2) is 4.52. The van der Waals surface area contributed by atoms with Crippen LogP contribution in [0.25, 0.3) is 0 Å². The minimum Gasteiger partial charge on any atom is -0.381 e. The van der Waals surface area contributed by atoms with Gasteiger partial charge in [-0.05, 0) is 18.1 Å². The van der Waals surface area contributed by atoms with Gasteiger partial charge in [0, 0.05) is 32.1 Å². The number of alkyl halides is 1. The van der Waals surface area contributed by atoms with E-state index in [9.17, 15) is 4.39 Å². The van der Waals surface area contributed by atoms with Crippen molar-refractivity contribution in [3.63, 3.8) is 0 Å². The molecule has 1 heterocycles. The van der Waals surface area contributed by atoms with Crippen molar-refractivity contribution in [3.8, 4) is 0 Å². The van der Waals surface area contributed by atoms with Crippen molar-refractivity contribution in [2.45, 2.75) is 31.5 Å². The van der Waals surface area contributed by atoms with Gasteiger partial charge in [0.2, 0.25) is 0 Å². The van der Waals surface area contributed by atoms with Crippen molar-refractivity contribution in [1.82, 2.24) is 0 Å². The van der Waals surface area contributed by atoms with Crippen molar-refractivity contribution < 1.29 is 9.13 Å². The van der Waals surface area contributed by atoms with Crippen molar-refractivity contribution in [1.29, 1.82) is 0 Å². The Morgan fingerprint density at radius 1 is 1.38 bits per heavy atom. The first-order chi connectivity index (χ1) is 7.62. The number of nitrogens with two attached hydrogens (primary N) is 1. The summed E-state index contributed by atoms with van der Waals surface area (Å²) in [5.41, 5.74) is 6.30. The molecule has 2 rings (SSSR count). The monoisotopic (exact) mass is 223 g/mol. The Labute approximate surface area is 95.6 Å². The molecule has 3 heteroatoms. The molecule has 0 amide bonds. The molecule has 1 fully saturated rings. The topological polar surface area (TPSA) is 35.2 Å². The summed E-state index contributed by atoms with van der Waals surface area (Å²) in [5, 5.41) is 0. The van der Waals surface area contributed by atoms with Crippen LogP contribution in [0.2, 0.25) is 0 Å². The van der Waals surface area contributed by atoms with Crippen molar-refractivity contribution in [2.75, 3.05) is 13.2 Å². The molecule has 0 spiro atoms. The van der Waals surface area contributed by atoms with E-state index in [1.807, 2.05) is 31.2 Å². The van der Waals surface area contributed by atoms with Crippen LogP contribution in [0.15, 0.2) is 24.3 Å². The summed E-state index contributed by atoms with van der Waals surface area (Å²) in [7, 11) is 0. The normalized spacial score (nSPS) is 21.7. The molecule has 1 aliphatic heterocycles. The molecule has 2 nitrogen and oxygen atoms in total. The summed E-state index contributed by atoms with van der Waals surface area (Å²) < 4.78 is 19.8. The molecular weight excluding hydrogens is 205 g/mol. The molecule has 1 unspecified atom stereocenters. The molecule has 0 aliphatic carbocycles. The standard InChI is InChI=1S/C13H18FNO/c1-10(15)11-3-2-4-12(9-11)13(14)5-7-16-8-6-13/h2-4,9-10H,5-8,15H2,1H3. The molecular formula is C13H18FNO. The highest BCUT2D eigenvalue weighted by Crippen LogP contribution is 2.36. The molecule has 0 radical (unpaired) electrons. The van der Waals surface area contributed by atoms with Crippen LogP contribution in [0.5, 0.6) is 0 Å². The van der Waals surface area contributed by atoms with Gasteiger partial charge in [0.05, 0.1) is 0 Å². The van der Waals surface area contributed by atoms with Gasteiger partial charge in [-0.25, -0.2) is 4.39 Å². The number of hydrogen-bond acceptors (Lipinski definition) is 2. The molecule has 88 valence electrons. The van der Waals surface area contributed by atoms with E-state index in [1.165, 1.54) is 0 Å². The number of hydrogen-bond donors (Lipinski definition) is 1. The first kappa shape index (κ1) is 11.6. The van der Waals surface area contributed by atoms with Crippen molar-refractivity contribution >= 4 is 0 Å². The van der Waals surface area contributed by atoms with E-state index in [4.69, 9.17) is 10.5 Å². The quantitative estimate of drug-likeness (QED) is 0.836. The molecule has 1 atom stereocenters. The Morgan fingerprint density at radius 2 is 2.06 bits per heavy atom. The van der Waals surface area contributed by atoms with Gasteiger partial charge in [-0.3, -0.25) is 0 Å². The summed E-state index contributed by atoms with van der Waals surface area (Å²) in [4.78, 5) is 0. The lowest BCUT2D eigenvalue weighted by molar-refractivity contribution is -0.0115. The Hall–Kier alpha value is -0.930. The second-order valence-electron chi connectivity index (χ2n) is 4.49. The van der Waals surface area contributed by atoms with Gasteiger partial charge in [-0.2, -0.15) is 0 Å². The van der Waals surface area contributed by atoms with Gasteiger partial charge in [0.1, 0.15) is 5.67 Å². The molecule has 1 aliphatic rings. The van der Waals surface area contributed by atoms with Crippen LogP contribution in [-0.2, 0) is 10.4 Å². The number of rotatable bonds is 2. The van der Waals surface area contributed by atoms with Crippen LogP contribution >= 0.6 is 0 Å². The number of ether oxygens (including phenoxy) is 1. The fourth-order valence-electron chi connectivity index (χ4n) is 2.08. The molecule has 16 heavy (non-hydrogen) atoms. The molecule has 1 saturated heterocycles. The maximum absolute atomic E-state index is 14.6. The predicted octanol–water partition coefficient (Wildman–Crippen LogP) is 2.68. The van der Waals surface area contributed by atoms with Crippen LogP contribution in [-0.4, -0.2) is 13.2 Å². The summed E-state index contributed by atoms with van der Waals surface area (Å²) in [6.45, 7) is 2.91. The van der Waals surface area contributed by atoms with E-state index in [2.05, 4.69) is 0 Å². The Balaban J connectivity index is 2.28. The zero-order valence-electron chi connectivity index (χ0n) is 9.58. The smallest absolute Gasteiger partial charge is 0.140 e. The third-order valence-corrected chi connectivity index (χ3v) is 3.22. The maximum atomic E-state index is 14.6. The minimum atomic E-state index is -1.23.